The number of sulfonamides is 1. The van der Waals surface area contributed by atoms with E-state index in [2.05, 4.69) is 15.3 Å². The first-order valence-electron chi connectivity index (χ1n) is 7.27. The average molecular weight is 311 g/mol. The molecule has 2 fully saturated rings. The first-order valence-corrected chi connectivity index (χ1v) is 9.11. The monoisotopic (exact) mass is 311 g/mol. The Morgan fingerprint density at radius 1 is 1.19 bits per heavy atom. The maximum Gasteiger partial charge on any atom is 0.225 e. The van der Waals surface area contributed by atoms with Gasteiger partial charge in [-0.15, -0.1) is 0 Å². The Bertz CT molecular complexity index is 577. The molecular formula is C13H21N5O2S. The average Bonchev–Trinajstić information content (AvgIpc) is 3.29. The van der Waals surface area contributed by atoms with Crippen LogP contribution in [-0.2, 0) is 16.6 Å². The Morgan fingerprint density at radius 2 is 1.81 bits per heavy atom. The molecule has 0 amide bonds. The molecule has 0 spiro atoms. The molecule has 116 valence electrons. The van der Waals surface area contributed by atoms with Crippen LogP contribution in [0.4, 0.5) is 5.95 Å². The Balaban J connectivity index is 1.55. The third-order valence-electron chi connectivity index (χ3n) is 3.85. The number of hydrogen-bond acceptors (Lipinski definition) is 6. The van der Waals surface area contributed by atoms with Crippen molar-refractivity contribution in [2.75, 3.05) is 37.3 Å². The maximum absolute atomic E-state index is 11.5. The minimum atomic E-state index is -3.09. The molecule has 1 saturated heterocycles. The third-order valence-corrected chi connectivity index (χ3v) is 5.16. The van der Waals surface area contributed by atoms with Gasteiger partial charge in [0, 0.05) is 56.7 Å². The van der Waals surface area contributed by atoms with E-state index in [1.54, 1.807) is 0 Å². The van der Waals surface area contributed by atoms with E-state index in [0.717, 1.165) is 12.1 Å². The van der Waals surface area contributed by atoms with Crippen LogP contribution >= 0.6 is 0 Å². The lowest BCUT2D eigenvalue weighted by Gasteiger charge is -2.33. The van der Waals surface area contributed by atoms with Gasteiger partial charge in [-0.1, -0.05) is 0 Å². The van der Waals surface area contributed by atoms with Gasteiger partial charge in [-0.3, -0.25) is 0 Å². The van der Waals surface area contributed by atoms with Gasteiger partial charge in [0.2, 0.25) is 16.0 Å². The van der Waals surface area contributed by atoms with Gasteiger partial charge in [0.15, 0.2) is 0 Å². The molecule has 21 heavy (non-hydrogen) atoms. The van der Waals surface area contributed by atoms with E-state index >= 15 is 0 Å². The smallest absolute Gasteiger partial charge is 0.225 e. The lowest BCUT2D eigenvalue weighted by atomic mass is 10.3. The molecule has 0 aromatic carbocycles. The highest BCUT2D eigenvalue weighted by Gasteiger charge is 2.24. The van der Waals surface area contributed by atoms with Gasteiger partial charge in [0.05, 0.1) is 6.26 Å². The number of aromatic nitrogens is 2. The van der Waals surface area contributed by atoms with Crippen LogP contribution in [-0.4, -0.2) is 61.2 Å². The summed E-state index contributed by atoms with van der Waals surface area (Å²) in [4.78, 5) is 10.8. The minimum absolute atomic E-state index is 0.493. The molecular weight excluding hydrogens is 290 g/mol. The van der Waals surface area contributed by atoms with Crippen LogP contribution in [0, 0.1) is 0 Å². The number of hydrogen-bond donors (Lipinski definition) is 1. The fourth-order valence-corrected chi connectivity index (χ4v) is 3.20. The molecule has 1 aliphatic carbocycles. The summed E-state index contributed by atoms with van der Waals surface area (Å²) in [6.45, 7) is 3.06. The zero-order valence-corrected chi connectivity index (χ0v) is 13.0. The second-order valence-corrected chi connectivity index (χ2v) is 7.68. The molecule has 7 nitrogen and oxygen atoms in total. The van der Waals surface area contributed by atoms with Crippen LogP contribution in [0.3, 0.4) is 0 Å². The molecule has 1 aromatic rings. The zero-order valence-electron chi connectivity index (χ0n) is 12.2. The van der Waals surface area contributed by atoms with E-state index in [1.165, 1.54) is 23.4 Å². The summed E-state index contributed by atoms with van der Waals surface area (Å²) in [5.74, 6) is 0.679. The molecule has 0 atom stereocenters. The lowest BCUT2D eigenvalue weighted by molar-refractivity contribution is 0.385. The van der Waals surface area contributed by atoms with E-state index < -0.39 is 10.0 Å². The van der Waals surface area contributed by atoms with E-state index in [-0.39, 0.29) is 0 Å². The summed E-state index contributed by atoms with van der Waals surface area (Å²) in [5.41, 5.74) is 1.08. The summed E-state index contributed by atoms with van der Waals surface area (Å²) < 4.78 is 24.4. The Morgan fingerprint density at radius 3 is 2.33 bits per heavy atom. The molecule has 8 heteroatoms. The predicted molar refractivity (Wildman–Crippen MR) is 80.5 cm³/mol. The van der Waals surface area contributed by atoms with E-state index in [0.29, 0.717) is 38.2 Å². The molecule has 2 heterocycles. The van der Waals surface area contributed by atoms with Crippen molar-refractivity contribution < 1.29 is 8.42 Å². The van der Waals surface area contributed by atoms with Crippen LogP contribution in [0.2, 0.25) is 0 Å². The first kappa shape index (κ1) is 14.7. The fourth-order valence-electron chi connectivity index (χ4n) is 2.37. The molecule has 0 unspecified atom stereocenters. The second-order valence-electron chi connectivity index (χ2n) is 5.70. The molecule has 0 radical (unpaired) electrons. The van der Waals surface area contributed by atoms with Gasteiger partial charge in [0.1, 0.15) is 0 Å². The molecule has 0 bridgehead atoms. The van der Waals surface area contributed by atoms with Crippen LogP contribution in [0.5, 0.6) is 0 Å². The van der Waals surface area contributed by atoms with Crippen molar-refractivity contribution in [3.63, 3.8) is 0 Å². The van der Waals surface area contributed by atoms with Crippen LogP contribution in [0.1, 0.15) is 18.4 Å². The highest BCUT2D eigenvalue weighted by molar-refractivity contribution is 7.88. The standard InChI is InChI=1S/C13H21N5O2S/c1-21(19,20)18-6-4-17(5-7-18)13-15-9-11(10-16-13)8-14-12-2-3-12/h9-10,12,14H,2-8H2,1H3. The van der Waals surface area contributed by atoms with Crippen molar-refractivity contribution in [2.45, 2.75) is 25.4 Å². The Hall–Kier alpha value is -1.25. The van der Waals surface area contributed by atoms with Crippen molar-refractivity contribution in [1.29, 1.82) is 0 Å². The zero-order chi connectivity index (χ0) is 14.9. The van der Waals surface area contributed by atoms with Gasteiger partial charge in [-0.25, -0.2) is 18.4 Å². The third kappa shape index (κ3) is 3.90. The Labute approximate surface area is 125 Å². The number of nitrogens with one attached hydrogen (secondary N) is 1. The molecule has 1 aromatic heterocycles. The minimum Gasteiger partial charge on any atom is -0.338 e. The van der Waals surface area contributed by atoms with E-state index in [9.17, 15) is 8.42 Å². The van der Waals surface area contributed by atoms with Gasteiger partial charge in [-0.05, 0) is 12.8 Å². The highest BCUT2D eigenvalue weighted by atomic mass is 32.2. The Kier molecular flexibility index (Phi) is 4.10. The quantitative estimate of drug-likeness (QED) is 0.812. The van der Waals surface area contributed by atoms with Crippen LogP contribution in [0.15, 0.2) is 12.4 Å². The van der Waals surface area contributed by atoms with E-state index in [1.807, 2.05) is 17.3 Å². The first-order chi connectivity index (χ1) is 10.0. The normalized spacial score (nSPS) is 20.7. The molecule has 1 N–H and O–H groups in total. The van der Waals surface area contributed by atoms with Gasteiger partial charge in [-0.2, -0.15) is 4.31 Å². The molecule has 1 aliphatic heterocycles. The summed E-state index contributed by atoms with van der Waals surface area (Å²) in [7, 11) is -3.09. The SMILES string of the molecule is CS(=O)(=O)N1CCN(c2ncc(CNC3CC3)cn2)CC1. The maximum atomic E-state index is 11.5. The number of anilines is 1. The summed E-state index contributed by atoms with van der Waals surface area (Å²) in [5, 5.41) is 3.43. The van der Waals surface area contributed by atoms with Crippen molar-refractivity contribution >= 4 is 16.0 Å². The highest BCUT2D eigenvalue weighted by Crippen LogP contribution is 2.19. The fraction of sp³-hybridized carbons (Fsp3) is 0.692. The van der Waals surface area contributed by atoms with Gasteiger partial charge < -0.3 is 10.2 Å². The van der Waals surface area contributed by atoms with Crippen molar-refractivity contribution in [3.8, 4) is 0 Å². The lowest BCUT2D eigenvalue weighted by Crippen LogP contribution is -2.48. The largest absolute Gasteiger partial charge is 0.338 e. The van der Waals surface area contributed by atoms with E-state index in [4.69, 9.17) is 0 Å². The van der Waals surface area contributed by atoms with Crippen LogP contribution in [0.25, 0.3) is 0 Å². The summed E-state index contributed by atoms with van der Waals surface area (Å²) >= 11 is 0. The number of nitrogens with zero attached hydrogens (tertiary/aromatic N) is 4. The van der Waals surface area contributed by atoms with Crippen molar-refractivity contribution in [2.24, 2.45) is 0 Å². The van der Waals surface area contributed by atoms with Crippen molar-refractivity contribution in [1.82, 2.24) is 19.6 Å². The van der Waals surface area contributed by atoms with Crippen molar-refractivity contribution in [3.05, 3.63) is 18.0 Å². The molecule has 2 aliphatic rings. The van der Waals surface area contributed by atoms with Gasteiger partial charge >= 0.3 is 0 Å². The topological polar surface area (TPSA) is 78.4 Å². The summed E-state index contributed by atoms with van der Waals surface area (Å²) in [6.07, 6.45) is 7.48. The molecule has 3 rings (SSSR count). The second kappa shape index (κ2) is 5.86. The van der Waals surface area contributed by atoms with Gasteiger partial charge in [0.25, 0.3) is 0 Å². The predicted octanol–water partition coefficient (Wildman–Crippen LogP) is -0.190. The van der Waals surface area contributed by atoms with Crippen LogP contribution < -0.4 is 10.2 Å². The molecule has 1 saturated carbocycles. The summed E-state index contributed by atoms with van der Waals surface area (Å²) in [6, 6.07) is 0.675. The number of piperazine rings is 1. The number of rotatable bonds is 5.